The SMILES string of the molecule is C=C(Br)c1ccn(SF)c(=O)c1C(=C)Cl. The van der Waals surface area contributed by atoms with Crippen LogP contribution in [0.1, 0.15) is 11.1 Å². The zero-order chi connectivity index (χ0) is 11.6. The topological polar surface area (TPSA) is 22.0 Å². The highest BCUT2D eigenvalue weighted by Crippen LogP contribution is 2.27. The second-order valence-corrected chi connectivity index (χ2v) is 4.56. The van der Waals surface area contributed by atoms with Crippen LogP contribution in [0.3, 0.4) is 0 Å². The van der Waals surface area contributed by atoms with Crippen LogP contribution in [0.5, 0.6) is 0 Å². The summed E-state index contributed by atoms with van der Waals surface area (Å²) in [7, 11) is 0. The minimum absolute atomic E-state index is 0.0546. The molecular weight excluding hydrogens is 305 g/mol. The highest BCUT2D eigenvalue weighted by Gasteiger charge is 2.13. The van der Waals surface area contributed by atoms with Crippen LogP contribution in [0.25, 0.3) is 9.51 Å². The van der Waals surface area contributed by atoms with Crippen molar-refractivity contribution in [2.75, 3.05) is 0 Å². The molecule has 0 fully saturated rings. The Morgan fingerprint density at radius 1 is 1.60 bits per heavy atom. The zero-order valence-electron chi connectivity index (χ0n) is 7.47. The molecule has 0 atom stereocenters. The molecule has 0 saturated carbocycles. The second-order valence-electron chi connectivity index (χ2n) is 2.61. The van der Waals surface area contributed by atoms with Gasteiger partial charge in [0.15, 0.2) is 12.3 Å². The number of hydrogen-bond acceptors (Lipinski definition) is 2. The molecule has 0 aromatic carbocycles. The Morgan fingerprint density at radius 3 is 2.60 bits per heavy atom. The van der Waals surface area contributed by atoms with Crippen molar-refractivity contribution in [2.45, 2.75) is 0 Å². The molecule has 0 unspecified atom stereocenters. The van der Waals surface area contributed by atoms with E-state index in [9.17, 15) is 8.68 Å². The van der Waals surface area contributed by atoms with Crippen molar-refractivity contribution in [3.63, 3.8) is 0 Å². The van der Waals surface area contributed by atoms with Crippen LogP contribution in [-0.2, 0) is 0 Å². The summed E-state index contributed by atoms with van der Waals surface area (Å²) in [6, 6.07) is 1.54. The Kier molecular flexibility index (Phi) is 4.19. The maximum atomic E-state index is 12.3. The summed E-state index contributed by atoms with van der Waals surface area (Å²) in [6.45, 7) is 7.10. The largest absolute Gasteiger partial charge is 0.271 e. The normalized spacial score (nSPS) is 10.1. The van der Waals surface area contributed by atoms with Crippen molar-refractivity contribution in [1.82, 2.24) is 3.97 Å². The fraction of sp³-hybridized carbons (Fsp3) is 0. The fourth-order valence-corrected chi connectivity index (χ4v) is 1.84. The predicted octanol–water partition coefficient (Wildman–Crippen LogP) is 3.80. The molecule has 0 bridgehead atoms. The third-order valence-electron chi connectivity index (χ3n) is 1.70. The van der Waals surface area contributed by atoms with Crippen LogP contribution in [0.15, 0.2) is 30.2 Å². The summed E-state index contributed by atoms with van der Waals surface area (Å²) >= 11 is 8.63. The Bertz CT molecular complexity index is 485. The van der Waals surface area contributed by atoms with Gasteiger partial charge >= 0.3 is 0 Å². The summed E-state index contributed by atoms with van der Waals surface area (Å²) in [6.07, 6.45) is 1.30. The van der Waals surface area contributed by atoms with Gasteiger partial charge in [0.05, 0.1) is 5.56 Å². The van der Waals surface area contributed by atoms with Crippen LogP contribution in [0.2, 0.25) is 0 Å². The number of halogens is 3. The van der Waals surface area contributed by atoms with E-state index in [-0.39, 0.29) is 22.9 Å². The summed E-state index contributed by atoms with van der Waals surface area (Å²) in [5.41, 5.74) is 0.0945. The first-order valence-corrected chi connectivity index (χ1v) is 5.57. The van der Waals surface area contributed by atoms with E-state index in [0.29, 0.717) is 10.0 Å². The third-order valence-corrected chi connectivity index (χ3v) is 2.75. The Morgan fingerprint density at radius 2 is 2.20 bits per heavy atom. The van der Waals surface area contributed by atoms with Crippen molar-refractivity contribution in [1.29, 1.82) is 0 Å². The standard InChI is InChI=1S/C9H6BrClFNOS/c1-5(10)7-3-4-13(15-12)9(14)8(7)6(2)11/h3-4H,1-2H2. The lowest BCUT2D eigenvalue weighted by Crippen LogP contribution is -2.18. The molecule has 80 valence electrons. The first kappa shape index (κ1) is 12.5. The molecule has 0 N–H and O–H groups in total. The Balaban J connectivity index is 3.59. The van der Waals surface area contributed by atoms with E-state index < -0.39 is 5.56 Å². The van der Waals surface area contributed by atoms with Gasteiger partial charge in [-0.15, -0.1) is 3.89 Å². The molecule has 1 rings (SSSR count). The Hall–Kier alpha value is -0.520. The molecule has 2 nitrogen and oxygen atoms in total. The van der Waals surface area contributed by atoms with Crippen LogP contribution in [0, 0.1) is 0 Å². The van der Waals surface area contributed by atoms with Crippen LogP contribution in [0.4, 0.5) is 3.89 Å². The molecule has 0 aliphatic heterocycles. The first-order valence-electron chi connectivity index (χ1n) is 3.73. The molecule has 0 aliphatic rings. The van der Waals surface area contributed by atoms with Crippen molar-refractivity contribution in [2.24, 2.45) is 0 Å². The van der Waals surface area contributed by atoms with Gasteiger partial charge in [0.25, 0.3) is 5.56 Å². The van der Waals surface area contributed by atoms with Gasteiger partial charge in [-0.1, -0.05) is 40.7 Å². The molecule has 6 heteroatoms. The predicted molar refractivity (Wildman–Crippen MR) is 67.6 cm³/mol. The zero-order valence-corrected chi connectivity index (χ0v) is 10.6. The van der Waals surface area contributed by atoms with Crippen molar-refractivity contribution < 1.29 is 3.89 Å². The van der Waals surface area contributed by atoms with Crippen LogP contribution < -0.4 is 5.56 Å². The van der Waals surface area contributed by atoms with E-state index in [0.717, 1.165) is 3.97 Å². The summed E-state index contributed by atoms with van der Waals surface area (Å²) < 4.78 is 13.6. The first-order chi connectivity index (χ1) is 6.99. The summed E-state index contributed by atoms with van der Waals surface area (Å²) in [5, 5.41) is 0.0546. The Labute approximate surface area is 104 Å². The molecule has 1 heterocycles. The minimum Gasteiger partial charge on any atom is -0.268 e. The molecule has 0 amide bonds. The van der Waals surface area contributed by atoms with Gasteiger partial charge in [0, 0.05) is 21.3 Å². The molecule has 0 aliphatic carbocycles. The van der Waals surface area contributed by atoms with Crippen molar-refractivity contribution >= 4 is 49.4 Å². The van der Waals surface area contributed by atoms with Gasteiger partial charge in [0.1, 0.15) is 0 Å². The molecule has 1 aromatic heterocycles. The van der Waals surface area contributed by atoms with E-state index in [2.05, 4.69) is 29.1 Å². The van der Waals surface area contributed by atoms with Crippen LogP contribution >= 0.6 is 39.9 Å². The third kappa shape index (κ3) is 2.53. The van der Waals surface area contributed by atoms with Gasteiger partial charge in [-0.05, 0) is 6.07 Å². The van der Waals surface area contributed by atoms with E-state index in [4.69, 9.17) is 11.6 Å². The van der Waals surface area contributed by atoms with Gasteiger partial charge in [-0.2, -0.15) is 0 Å². The lowest BCUT2D eigenvalue weighted by atomic mass is 10.1. The number of hydrogen-bond donors (Lipinski definition) is 0. The van der Waals surface area contributed by atoms with Gasteiger partial charge < -0.3 is 0 Å². The lowest BCUT2D eigenvalue weighted by Gasteiger charge is -2.07. The maximum Gasteiger partial charge on any atom is 0.271 e. The summed E-state index contributed by atoms with van der Waals surface area (Å²) in [4.78, 5) is 11.7. The molecule has 0 saturated heterocycles. The number of pyridine rings is 1. The summed E-state index contributed by atoms with van der Waals surface area (Å²) in [5.74, 6) is 0. The molecule has 0 radical (unpaired) electrons. The minimum atomic E-state index is -0.555. The van der Waals surface area contributed by atoms with E-state index >= 15 is 0 Å². The van der Waals surface area contributed by atoms with E-state index in [1.54, 1.807) is 0 Å². The number of rotatable bonds is 3. The van der Waals surface area contributed by atoms with Gasteiger partial charge in [-0.25, -0.2) is 3.97 Å². The molecule has 1 aromatic rings. The molecular formula is C9H6BrClFNOS. The maximum absolute atomic E-state index is 12.3. The number of aromatic nitrogens is 1. The second kappa shape index (κ2) is 5.01. The van der Waals surface area contributed by atoms with Crippen molar-refractivity contribution in [3.05, 3.63) is 46.9 Å². The highest BCUT2D eigenvalue weighted by molar-refractivity contribution is 9.15. The molecule has 0 spiro atoms. The van der Waals surface area contributed by atoms with Gasteiger partial charge in [0.2, 0.25) is 0 Å². The average molecular weight is 311 g/mol. The number of nitrogens with zero attached hydrogens (tertiary/aromatic N) is 1. The fourth-order valence-electron chi connectivity index (χ4n) is 1.06. The van der Waals surface area contributed by atoms with Crippen LogP contribution in [-0.4, -0.2) is 3.97 Å². The monoisotopic (exact) mass is 309 g/mol. The van der Waals surface area contributed by atoms with E-state index in [1.807, 2.05) is 0 Å². The van der Waals surface area contributed by atoms with Gasteiger partial charge in [-0.3, -0.25) is 4.79 Å². The lowest BCUT2D eigenvalue weighted by molar-refractivity contribution is 0.905. The van der Waals surface area contributed by atoms with E-state index in [1.165, 1.54) is 12.3 Å². The average Bonchev–Trinajstić information content (AvgIpc) is 2.16. The molecule has 15 heavy (non-hydrogen) atoms. The smallest absolute Gasteiger partial charge is 0.268 e. The quantitative estimate of drug-likeness (QED) is 0.847. The van der Waals surface area contributed by atoms with Crippen molar-refractivity contribution in [3.8, 4) is 0 Å². The highest BCUT2D eigenvalue weighted by atomic mass is 79.9.